The molecule has 3 rings (SSSR count). The van der Waals surface area contributed by atoms with E-state index in [2.05, 4.69) is 46.6 Å². The van der Waals surface area contributed by atoms with E-state index in [9.17, 15) is 0 Å². The Balaban J connectivity index is 1.86. The molecule has 0 aliphatic carbocycles. The van der Waals surface area contributed by atoms with Crippen molar-refractivity contribution in [1.82, 2.24) is 9.97 Å². The average molecular weight is 367 g/mol. The Morgan fingerprint density at radius 3 is 2.54 bits per heavy atom. The molecule has 0 aliphatic rings. The number of benzene rings is 2. The summed E-state index contributed by atoms with van der Waals surface area (Å²) < 4.78 is 0. The van der Waals surface area contributed by atoms with Crippen LogP contribution in [0.15, 0.2) is 60.7 Å². The molecule has 1 atom stereocenters. The Kier molecular flexibility index (Phi) is 6.08. The van der Waals surface area contributed by atoms with Crippen LogP contribution in [0.1, 0.15) is 25.8 Å². The number of halogens is 1. The van der Waals surface area contributed by atoms with Crippen LogP contribution in [-0.2, 0) is 6.54 Å². The van der Waals surface area contributed by atoms with Crippen LogP contribution in [0, 0.1) is 0 Å². The third-order valence-electron chi connectivity index (χ3n) is 4.15. The van der Waals surface area contributed by atoms with Gasteiger partial charge in [0.05, 0.1) is 5.69 Å². The first-order valence-corrected chi connectivity index (χ1v) is 9.21. The minimum absolute atomic E-state index is 0.307. The summed E-state index contributed by atoms with van der Waals surface area (Å²) in [6.07, 6.45) is 1.00. The summed E-state index contributed by atoms with van der Waals surface area (Å²) in [6, 6.07) is 20.2. The second-order valence-electron chi connectivity index (χ2n) is 6.27. The molecule has 1 heterocycles. The van der Waals surface area contributed by atoms with Crippen LogP contribution in [0.25, 0.3) is 11.3 Å². The summed E-state index contributed by atoms with van der Waals surface area (Å²) in [5.74, 6) is 1.42. The fraction of sp³-hybridized carbons (Fsp3) is 0.238. The normalized spacial score (nSPS) is 11.8. The molecule has 134 valence electrons. The maximum Gasteiger partial charge on any atom is 0.225 e. The lowest BCUT2D eigenvalue weighted by Crippen LogP contribution is -2.16. The topological polar surface area (TPSA) is 49.8 Å². The molecule has 0 radical (unpaired) electrons. The van der Waals surface area contributed by atoms with Crippen molar-refractivity contribution in [1.29, 1.82) is 0 Å². The molecule has 2 aromatic carbocycles. The van der Waals surface area contributed by atoms with Gasteiger partial charge in [0.2, 0.25) is 5.95 Å². The molecule has 0 fully saturated rings. The first kappa shape index (κ1) is 18.2. The smallest absolute Gasteiger partial charge is 0.225 e. The number of hydrogen-bond donors (Lipinski definition) is 2. The lowest BCUT2D eigenvalue weighted by atomic mass is 10.1. The van der Waals surface area contributed by atoms with Crippen molar-refractivity contribution in [2.75, 3.05) is 10.6 Å². The number of aromatic nitrogens is 2. The highest BCUT2D eigenvalue weighted by atomic mass is 35.5. The summed E-state index contributed by atoms with van der Waals surface area (Å²) >= 11 is 6.07. The van der Waals surface area contributed by atoms with Crippen molar-refractivity contribution in [3.63, 3.8) is 0 Å². The van der Waals surface area contributed by atoms with Gasteiger partial charge in [0.1, 0.15) is 5.82 Å². The summed E-state index contributed by atoms with van der Waals surface area (Å²) in [5.41, 5.74) is 3.06. The molecule has 0 saturated carbocycles. The molecule has 26 heavy (non-hydrogen) atoms. The molecule has 4 nitrogen and oxygen atoms in total. The van der Waals surface area contributed by atoms with Crippen LogP contribution in [-0.4, -0.2) is 16.0 Å². The van der Waals surface area contributed by atoms with Gasteiger partial charge >= 0.3 is 0 Å². The molecular formula is C21H23ClN4. The Morgan fingerprint density at radius 2 is 1.81 bits per heavy atom. The maximum absolute atomic E-state index is 6.07. The van der Waals surface area contributed by atoms with E-state index >= 15 is 0 Å². The Hall–Kier alpha value is -2.59. The molecule has 0 saturated heterocycles. The second-order valence-corrected chi connectivity index (χ2v) is 6.70. The zero-order valence-corrected chi connectivity index (χ0v) is 15.8. The van der Waals surface area contributed by atoms with Gasteiger partial charge in [-0.3, -0.25) is 0 Å². The molecule has 5 heteroatoms. The van der Waals surface area contributed by atoms with E-state index in [1.165, 1.54) is 0 Å². The number of nitrogens with one attached hydrogen (secondary N) is 2. The molecule has 0 bridgehead atoms. The predicted molar refractivity (Wildman–Crippen MR) is 110 cm³/mol. The van der Waals surface area contributed by atoms with Crippen molar-refractivity contribution >= 4 is 23.4 Å². The van der Waals surface area contributed by atoms with Gasteiger partial charge in [0.25, 0.3) is 0 Å². The van der Waals surface area contributed by atoms with Gasteiger partial charge in [-0.2, -0.15) is 4.98 Å². The van der Waals surface area contributed by atoms with Gasteiger partial charge in [-0.1, -0.05) is 61.0 Å². The zero-order valence-electron chi connectivity index (χ0n) is 15.0. The minimum Gasteiger partial charge on any atom is -0.366 e. The van der Waals surface area contributed by atoms with Crippen LogP contribution in [0.4, 0.5) is 11.8 Å². The fourth-order valence-electron chi connectivity index (χ4n) is 2.52. The van der Waals surface area contributed by atoms with Crippen LogP contribution >= 0.6 is 11.6 Å². The molecule has 0 unspecified atom stereocenters. The first-order chi connectivity index (χ1) is 12.6. The Bertz CT molecular complexity index is 852. The number of nitrogens with zero attached hydrogens (tertiary/aromatic N) is 2. The van der Waals surface area contributed by atoms with Gasteiger partial charge < -0.3 is 10.6 Å². The van der Waals surface area contributed by atoms with Gasteiger partial charge in [-0.05, 0) is 31.0 Å². The highest BCUT2D eigenvalue weighted by Gasteiger charge is 2.09. The molecule has 1 aromatic heterocycles. The van der Waals surface area contributed by atoms with Crippen molar-refractivity contribution < 1.29 is 0 Å². The molecule has 0 aliphatic heterocycles. The number of hydrogen-bond acceptors (Lipinski definition) is 4. The van der Waals surface area contributed by atoms with E-state index in [4.69, 9.17) is 11.6 Å². The standard InChI is InChI=1S/C21H23ClN4/c1-3-15(2)24-21-25-19(17-9-5-4-6-10-17)13-20(26-21)23-14-16-8-7-11-18(22)12-16/h4-13,15H,3,14H2,1-2H3,(H2,23,24,25,26)/t15-/m0/s1. The van der Waals surface area contributed by atoms with Crippen molar-refractivity contribution in [3.8, 4) is 11.3 Å². The number of rotatable bonds is 7. The third kappa shape index (κ3) is 4.96. The van der Waals surface area contributed by atoms with Crippen LogP contribution < -0.4 is 10.6 Å². The molecule has 3 aromatic rings. The van der Waals surface area contributed by atoms with Crippen LogP contribution in [0.2, 0.25) is 5.02 Å². The van der Waals surface area contributed by atoms with E-state index in [0.717, 1.165) is 34.1 Å². The van der Waals surface area contributed by atoms with Gasteiger partial charge in [-0.25, -0.2) is 4.98 Å². The molecule has 2 N–H and O–H groups in total. The molecule has 0 spiro atoms. The van der Waals surface area contributed by atoms with E-state index in [0.29, 0.717) is 18.5 Å². The van der Waals surface area contributed by atoms with Crippen LogP contribution in [0.3, 0.4) is 0 Å². The van der Waals surface area contributed by atoms with Crippen LogP contribution in [0.5, 0.6) is 0 Å². The average Bonchev–Trinajstić information content (AvgIpc) is 2.67. The largest absolute Gasteiger partial charge is 0.366 e. The van der Waals surface area contributed by atoms with Crippen molar-refractivity contribution in [2.24, 2.45) is 0 Å². The summed E-state index contributed by atoms with van der Waals surface area (Å²) in [7, 11) is 0. The summed E-state index contributed by atoms with van der Waals surface area (Å²) in [4.78, 5) is 9.30. The Labute approximate surface area is 159 Å². The van der Waals surface area contributed by atoms with Gasteiger partial charge in [0, 0.05) is 29.2 Å². The lowest BCUT2D eigenvalue weighted by molar-refractivity contribution is 0.753. The second kappa shape index (κ2) is 8.68. The van der Waals surface area contributed by atoms with E-state index in [1.54, 1.807) is 0 Å². The van der Waals surface area contributed by atoms with E-state index < -0.39 is 0 Å². The van der Waals surface area contributed by atoms with Gasteiger partial charge in [0.15, 0.2) is 0 Å². The monoisotopic (exact) mass is 366 g/mol. The van der Waals surface area contributed by atoms with E-state index in [1.807, 2.05) is 48.5 Å². The summed E-state index contributed by atoms with van der Waals surface area (Å²) in [5, 5.41) is 7.48. The maximum atomic E-state index is 6.07. The molecule has 0 amide bonds. The van der Waals surface area contributed by atoms with E-state index in [-0.39, 0.29) is 0 Å². The Morgan fingerprint density at radius 1 is 1.00 bits per heavy atom. The van der Waals surface area contributed by atoms with Gasteiger partial charge in [-0.15, -0.1) is 0 Å². The van der Waals surface area contributed by atoms with Crippen molar-refractivity contribution in [3.05, 3.63) is 71.2 Å². The fourth-order valence-corrected chi connectivity index (χ4v) is 2.73. The minimum atomic E-state index is 0.307. The highest BCUT2D eigenvalue weighted by Crippen LogP contribution is 2.22. The third-order valence-corrected chi connectivity index (χ3v) is 4.38. The SMILES string of the molecule is CC[C@H](C)Nc1nc(NCc2cccc(Cl)c2)cc(-c2ccccc2)n1. The van der Waals surface area contributed by atoms with Crippen molar-refractivity contribution in [2.45, 2.75) is 32.9 Å². The molecular weight excluding hydrogens is 344 g/mol. The first-order valence-electron chi connectivity index (χ1n) is 8.83. The number of anilines is 2. The highest BCUT2D eigenvalue weighted by molar-refractivity contribution is 6.30. The lowest BCUT2D eigenvalue weighted by Gasteiger charge is -2.14. The predicted octanol–water partition coefficient (Wildman–Crippen LogP) is 5.62. The zero-order chi connectivity index (χ0) is 18.4. The summed E-state index contributed by atoms with van der Waals surface area (Å²) in [6.45, 7) is 4.91. The quantitative estimate of drug-likeness (QED) is 0.569.